The summed E-state index contributed by atoms with van der Waals surface area (Å²) in [4.78, 5) is 10.1. The van der Waals surface area contributed by atoms with Crippen LogP contribution < -0.4 is 11.2 Å². The van der Waals surface area contributed by atoms with Gasteiger partial charge in [-0.1, -0.05) is 11.6 Å². The highest BCUT2D eigenvalue weighted by molar-refractivity contribution is 9.10. The van der Waals surface area contributed by atoms with Crippen LogP contribution in [0.15, 0.2) is 21.7 Å². The summed E-state index contributed by atoms with van der Waals surface area (Å²) in [5, 5.41) is 21.4. The van der Waals surface area contributed by atoms with Gasteiger partial charge >= 0.3 is 0 Å². The van der Waals surface area contributed by atoms with E-state index in [0.717, 1.165) is 0 Å². The Morgan fingerprint density at radius 2 is 2.35 bits per heavy atom. The number of nitro groups is 1. The SMILES string of the molecule is N=C(N)NN=Cc1cc(Cl)cc([N+](=O)[O-])c1Br. The van der Waals surface area contributed by atoms with E-state index in [1.165, 1.54) is 18.3 Å². The Morgan fingerprint density at radius 1 is 1.71 bits per heavy atom. The van der Waals surface area contributed by atoms with Crippen LogP contribution in [0, 0.1) is 15.5 Å². The molecule has 17 heavy (non-hydrogen) atoms. The van der Waals surface area contributed by atoms with Crippen LogP contribution >= 0.6 is 27.5 Å². The molecule has 0 saturated heterocycles. The van der Waals surface area contributed by atoms with Crippen LogP contribution in [-0.2, 0) is 0 Å². The fourth-order valence-electron chi connectivity index (χ4n) is 0.994. The maximum absolute atomic E-state index is 10.7. The van der Waals surface area contributed by atoms with E-state index >= 15 is 0 Å². The van der Waals surface area contributed by atoms with Gasteiger partial charge in [-0.05, 0) is 22.0 Å². The molecule has 0 spiro atoms. The third-order valence-corrected chi connectivity index (χ3v) is 2.71. The zero-order valence-corrected chi connectivity index (χ0v) is 10.6. The van der Waals surface area contributed by atoms with E-state index in [1.54, 1.807) is 0 Å². The van der Waals surface area contributed by atoms with Crippen molar-refractivity contribution in [3.8, 4) is 0 Å². The Hall–Kier alpha value is -1.67. The van der Waals surface area contributed by atoms with Gasteiger partial charge in [0, 0.05) is 16.7 Å². The lowest BCUT2D eigenvalue weighted by atomic mass is 10.2. The van der Waals surface area contributed by atoms with Gasteiger partial charge in [-0.25, -0.2) is 5.43 Å². The molecule has 0 heterocycles. The molecule has 0 amide bonds. The summed E-state index contributed by atoms with van der Waals surface area (Å²) in [5.74, 6) is -0.339. The van der Waals surface area contributed by atoms with E-state index in [9.17, 15) is 10.1 Å². The minimum absolute atomic E-state index is 0.165. The predicted octanol–water partition coefficient (Wildman–Crippen LogP) is 1.83. The van der Waals surface area contributed by atoms with Crippen molar-refractivity contribution in [1.29, 1.82) is 5.41 Å². The molecule has 0 aromatic heterocycles. The lowest BCUT2D eigenvalue weighted by molar-refractivity contribution is -0.385. The first kappa shape index (κ1) is 13.4. The van der Waals surface area contributed by atoms with Crippen molar-refractivity contribution in [2.24, 2.45) is 10.8 Å². The maximum atomic E-state index is 10.7. The monoisotopic (exact) mass is 319 g/mol. The molecular weight excluding hydrogens is 313 g/mol. The van der Waals surface area contributed by atoms with Gasteiger partial charge in [0.25, 0.3) is 5.69 Å². The van der Waals surface area contributed by atoms with Gasteiger partial charge in [0.1, 0.15) is 4.47 Å². The quantitative estimate of drug-likeness (QED) is 0.341. The second-order valence-electron chi connectivity index (χ2n) is 2.87. The topological polar surface area (TPSA) is 117 Å². The van der Waals surface area contributed by atoms with Gasteiger partial charge in [0.2, 0.25) is 5.96 Å². The van der Waals surface area contributed by atoms with Crippen molar-refractivity contribution in [2.75, 3.05) is 0 Å². The normalized spacial score (nSPS) is 10.5. The number of nitrogens with two attached hydrogens (primary N) is 1. The summed E-state index contributed by atoms with van der Waals surface area (Å²) >= 11 is 8.81. The Morgan fingerprint density at radius 3 is 2.88 bits per heavy atom. The number of rotatable bonds is 3. The summed E-state index contributed by atoms with van der Waals surface area (Å²) < 4.78 is 0.251. The molecule has 0 atom stereocenters. The molecular formula is C8H7BrClN5O2. The van der Waals surface area contributed by atoms with E-state index in [0.29, 0.717) is 5.56 Å². The number of hydrazone groups is 1. The van der Waals surface area contributed by atoms with E-state index in [2.05, 4.69) is 26.5 Å². The van der Waals surface area contributed by atoms with Crippen molar-refractivity contribution < 1.29 is 4.92 Å². The van der Waals surface area contributed by atoms with Crippen LogP contribution in [0.2, 0.25) is 5.02 Å². The van der Waals surface area contributed by atoms with Crippen molar-refractivity contribution in [1.82, 2.24) is 5.43 Å². The van der Waals surface area contributed by atoms with E-state index in [1.807, 2.05) is 0 Å². The van der Waals surface area contributed by atoms with Gasteiger partial charge in [0.15, 0.2) is 0 Å². The molecule has 0 saturated carbocycles. The minimum Gasteiger partial charge on any atom is -0.369 e. The van der Waals surface area contributed by atoms with Gasteiger partial charge in [-0.3, -0.25) is 15.5 Å². The highest BCUT2D eigenvalue weighted by Crippen LogP contribution is 2.31. The van der Waals surface area contributed by atoms with Gasteiger partial charge < -0.3 is 5.73 Å². The number of nitrogens with zero attached hydrogens (tertiary/aromatic N) is 2. The first-order chi connectivity index (χ1) is 7.91. The standard InChI is InChI=1S/C8H7BrClN5O2/c9-7-4(3-13-14-8(11)12)1-5(10)2-6(7)15(16)17/h1-3H,(H4,11,12,14). The smallest absolute Gasteiger partial charge is 0.285 e. The van der Waals surface area contributed by atoms with Crippen LogP contribution in [0.3, 0.4) is 0 Å². The molecule has 0 radical (unpaired) electrons. The summed E-state index contributed by atoms with van der Waals surface area (Å²) in [6.07, 6.45) is 1.27. The molecule has 90 valence electrons. The molecule has 0 unspecified atom stereocenters. The minimum atomic E-state index is -0.564. The molecule has 1 rings (SSSR count). The zero-order chi connectivity index (χ0) is 13.0. The molecule has 7 nitrogen and oxygen atoms in total. The number of nitro benzene ring substituents is 1. The summed E-state index contributed by atoms with van der Waals surface area (Å²) in [7, 11) is 0. The number of benzene rings is 1. The van der Waals surface area contributed by atoms with E-state index in [4.69, 9.17) is 22.7 Å². The van der Waals surface area contributed by atoms with Crippen molar-refractivity contribution >= 4 is 45.4 Å². The molecule has 0 fully saturated rings. The third-order valence-electron chi connectivity index (χ3n) is 1.63. The summed E-state index contributed by atoms with van der Waals surface area (Å²) in [6.45, 7) is 0. The van der Waals surface area contributed by atoms with Gasteiger partial charge in [0.05, 0.1) is 11.1 Å². The van der Waals surface area contributed by atoms with Crippen LogP contribution in [0.1, 0.15) is 5.56 Å². The Balaban J connectivity index is 3.11. The first-order valence-electron chi connectivity index (χ1n) is 4.18. The zero-order valence-electron chi connectivity index (χ0n) is 8.28. The Kier molecular flexibility index (Phi) is 4.41. The van der Waals surface area contributed by atoms with Crippen molar-refractivity contribution in [3.05, 3.63) is 37.3 Å². The van der Waals surface area contributed by atoms with Crippen molar-refractivity contribution in [2.45, 2.75) is 0 Å². The average Bonchev–Trinajstić information content (AvgIpc) is 2.21. The molecule has 0 bridgehead atoms. The molecule has 9 heteroatoms. The fraction of sp³-hybridized carbons (Fsp3) is 0. The number of nitrogens with one attached hydrogen (secondary N) is 2. The summed E-state index contributed by atoms with van der Waals surface area (Å²) in [5.41, 5.74) is 7.44. The van der Waals surface area contributed by atoms with Crippen LogP contribution in [0.5, 0.6) is 0 Å². The number of guanidine groups is 1. The molecule has 0 aliphatic rings. The Labute approximate surface area is 109 Å². The highest BCUT2D eigenvalue weighted by atomic mass is 79.9. The van der Waals surface area contributed by atoms with E-state index in [-0.39, 0.29) is 21.1 Å². The molecule has 0 aliphatic heterocycles. The van der Waals surface area contributed by atoms with Gasteiger partial charge in [-0.2, -0.15) is 5.10 Å². The fourth-order valence-corrected chi connectivity index (χ4v) is 1.69. The van der Waals surface area contributed by atoms with Crippen LogP contribution in [0.25, 0.3) is 0 Å². The second kappa shape index (κ2) is 5.60. The van der Waals surface area contributed by atoms with Crippen molar-refractivity contribution in [3.63, 3.8) is 0 Å². The molecule has 4 N–H and O–H groups in total. The Bertz CT molecular complexity index is 505. The lowest BCUT2D eigenvalue weighted by Crippen LogP contribution is -2.25. The maximum Gasteiger partial charge on any atom is 0.285 e. The molecule has 1 aromatic carbocycles. The number of hydrogen-bond donors (Lipinski definition) is 3. The average molecular weight is 321 g/mol. The number of hydrogen-bond acceptors (Lipinski definition) is 4. The molecule has 0 aliphatic carbocycles. The third kappa shape index (κ3) is 3.68. The first-order valence-corrected chi connectivity index (χ1v) is 5.35. The predicted molar refractivity (Wildman–Crippen MR) is 68.5 cm³/mol. The lowest BCUT2D eigenvalue weighted by Gasteiger charge is -2.01. The number of halogens is 2. The van der Waals surface area contributed by atoms with Crippen LogP contribution in [-0.4, -0.2) is 17.1 Å². The largest absolute Gasteiger partial charge is 0.369 e. The highest BCUT2D eigenvalue weighted by Gasteiger charge is 2.16. The molecule has 1 aromatic rings. The summed E-state index contributed by atoms with van der Waals surface area (Å²) in [6, 6.07) is 2.71. The van der Waals surface area contributed by atoms with Crippen LogP contribution in [0.4, 0.5) is 5.69 Å². The van der Waals surface area contributed by atoms with E-state index < -0.39 is 4.92 Å². The second-order valence-corrected chi connectivity index (χ2v) is 4.10. The van der Waals surface area contributed by atoms with Gasteiger partial charge in [-0.15, -0.1) is 0 Å².